The maximum atomic E-state index is 13.0. The molecule has 2 heterocycles. The van der Waals surface area contributed by atoms with Gasteiger partial charge in [0.15, 0.2) is 0 Å². The van der Waals surface area contributed by atoms with Crippen molar-refractivity contribution in [2.24, 2.45) is 0 Å². The van der Waals surface area contributed by atoms with Crippen LogP contribution in [-0.2, 0) is 22.4 Å². The Morgan fingerprint density at radius 2 is 0.977 bits per heavy atom. The Labute approximate surface area is 278 Å². The molecule has 235 valence electrons. The van der Waals surface area contributed by atoms with Crippen LogP contribution in [0.2, 0.25) is 0 Å². The number of rotatable bonds is 6. The predicted octanol–water partition coefficient (Wildman–Crippen LogP) is 11.2. The summed E-state index contributed by atoms with van der Waals surface area (Å²) in [4.78, 5) is 9.04. The van der Waals surface area contributed by atoms with Crippen molar-refractivity contribution in [1.29, 1.82) is 0 Å². The minimum Gasteiger partial charge on any atom is -0.657 e. The Morgan fingerprint density at radius 3 is 1.43 bits per heavy atom. The monoisotopic (exact) mass is 770 g/mol. The van der Waals surface area contributed by atoms with E-state index >= 15 is 0 Å². The number of para-hydroxylation sites is 3. The van der Waals surface area contributed by atoms with E-state index < -0.39 is 0 Å². The molecule has 0 atom stereocenters. The summed E-state index contributed by atoms with van der Waals surface area (Å²) in [6, 6.07) is 26.0. The van der Waals surface area contributed by atoms with E-state index in [1.807, 2.05) is 24.3 Å². The first-order valence-corrected chi connectivity index (χ1v) is 15.5. The van der Waals surface area contributed by atoms with Gasteiger partial charge in [0.2, 0.25) is 0 Å². The van der Waals surface area contributed by atoms with Crippen LogP contribution >= 0.6 is 0 Å². The molecule has 0 N–H and O–H groups in total. The first-order valence-electron chi connectivity index (χ1n) is 15.5. The average molecular weight is 771 g/mol. The number of benzene rings is 4. The molecule has 1 aromatic heterocycles. The van der Waals surface area contributed by atoms with Crippen molar-refractivity contribution in [1.82, 2.24) is 4.98 Å². The average Bonchev–Trinajstić information content (AvgIpc) is 3.61. The van der Waals surface area contributed by atoms with Crippen LogP contribution in [0.4, 0.5) is 15.8 Å². The molecule has 5 aromatic rings. The summed E-state index contributed by atoms with van der Waals surface area (Å²) in [7, 11) is 0. The zero-order chi connectivity index (χ0) is 30.8. The number of nitrogens with zero attached hydrogens (tertiary/aromatic N) is 3. The second-order valence-corrected chi connectivity index (χ2v) is 12.7. The Morgan fingerprint density at radius 1 is 0.545 bits per heavy atom. The van der Waals surface area contributed by atoms with Gasteiger partial charge in [-0.15, -0.1) is 17.7 Å². The van der Waals surface area contributed by atoms with Crippen LogP contribution in [0.25, 0.3) is 21.8 Å². The van der Waals surface area contributed by atoms with E-state index in [0.29, 0.717) is 23.7 Å². The van der Waals surface area contributed by atoms with Gasteiger partial charge in [-0.2, -0.15) is 0 Å². The van der Waals surface area contributed by atoms with Crippen LogP contribution in [0.3, 0.4) is 0 Å². The Bertz CT molecular complexity index is 1620. The van der Waals surface area contributed by atoms with Crippen LogP contribution in [0.5, 0.6) is 0 Å². The zero-order valence-electron chi connectivity index (χ0n) is 27.1. The Balaban J connectivity index is 0.000000244. The fourth-order valence-electron chi connectivity index (χ4n) is 5.99. The number of aromatic nitrogens is 1. The number of halogens is 1. The van der Waals surface area contributed by atoms with Crippen molar-refractivity contribution >= 4 is 33.2 Å². The van der Waals surface area contributed by atoms with Gasteiger partial charge in [-0.05, 0) is 81.2 Å². The fourth-order valence-corrected chi connectivity index (χ4v) is 5.99. The van der Waals surface area contributed by atoms with Crippen LogP contribution in [0, 0.1) is 12.5 Å². The summed E-state index contributed by atoms with van der Waals surface area (Å²) in [6.45, 7) is 20.5. The van der Waals surface area contributed by atoms with Gasteiger partial charge in [0.25, 0.3) is 0 Å². The smallest absolute Gasteiger partial charge is 0.123 e. The van der Waals surface area contributed by atoms with E-state index in [0.717, 1.165) is 21.8 Å². The molecule has 6 rings (SSSR count). The molecule has 0 unspecified atom stereocenters. The molecule has 1 aliphatic heterocycles. The molecule has 0 aliphatic carbocycles. The van der Waals surface area contributed by atoms with E-state index in [-0.39, 0.29) is 28.2 Å². The third-order valence-corrected chi connectivity index (χ3v) is 8.23. The largest absolute Gasteiger partial charge is 0.657 e. The van der Waals surface area contributed by atoms with Crippen LogP contribution in [0.1, 0.15) is 101 Å². The SMILES string of the molecule is CC(C)c1cccc(C(C)C)c1N1C=CN(c2c(C(C)C)cccc2C(C)C)[CH-]1.Fc1ccc2[n-]c3ccccc3c2c1.[Au]. The summed E-state index contributed by atoms with van der Waals surface area (Å²) >= 11 is 0. The molecule has 0 fully saturated rings. The molecule has 5 heteroatoms. The number of hydrogen-bond acceptors (Lipinski definition) is 2. The van der Waals surface area contributed by atoms with E-state index in [1.165, 1.54) is 45.8 Å². The zero-order valence-corrected chi connectivity index (χ0v) is 29.2. The maximum Gasteiger partial charge on any atom is 0.123 e. The van der Waals surface area contributed by atoms with Gasteiger partial charge in [-0.25, -0.2) is 4.39 Å². The first-order chi connectivity index (χ1) is 20.6. The normalized spacial score (nSPS) is 13.0. The third-order valence-electron chi connectivity index (χ3n) is 8.23. The van der Waals surface area contributed by atoms with E-state index in [1.54, 1.807) is 6.07 Å². The Kier molecular flexibility index (Phi) is 10.8. The van der Waals surface area contributed by atoms with Gasteiger partial charge in [-0.3, -0.25) is 0 Å². The van der Waals surface area contributed by atoms with Gasteiger partial charge in [0, 0.05) is 33.8 Å². The van der Waals surface area contributed by atoms with E-state index in [9.17, 15) is 4.39 Å². The van der Waals surface area contributed by atoms with Gasteiger partial charge < -0.3 is 14.8 Å². The fraction of sp³-hybridized carbons (Fsp3) is 0.308. The number of fused-ring (bicyclic) bond motifs is 3. The van der Waals surface area contributed by atoms with Gasteiger partial charge >= 0.3 is 0 Å². The molecule has 1 aliphatic rings. The third kappa shape index (κ3) is 6.83. The summed E-state index contributed by atoms with van der Waals surface area (Å²) in [5.74, 6) is 1.71. The number of anilines is 2. The van der Waals surface area contributed by atoms with Gasteiger partial charge in [-0.1, -0.05) is 122 Å². The number of hydrogen-bond donors (Lipinski definition) is 0. The van der Waals surface area contributed by atoms with Gasteiger partial charge in [0.1, 0.15) is 5.82 Å². The summed E-state index contributed by atoms with van der Waals surface area (Å²) < 4.78 is 13.0. The van der Waals surface area contributed by atoms with Crippen molar-refractivity contribution in [3.63, 3.8) is 0 Å². The first kappa shape index (κ1) is 33.6. The quantitative estimate of drug-likeness (QED) is 0.127. The molecule has 4 aromatic carbocycles. The van der Waals surface area contributed by atoms with Crippen molar-refractivity contribution in [3.05, 3.63) is 126 Å². The second-order valence-electron chi connectivity index (χ2n) is 12.7. The molecule has 3 nitrogen and oxygen atoms in total. The second kappa shape index (κ2) is 14.2. The van der Waals surface area contributed by atoms with Crippen LogP contribution in [0.15, 0.2) is 91.3 Å². The van der Waals surface area contributed by atoms with Crippen molar-refractivity contribution in [2.45, 2.75) is 79.1 Å². The summed E-state index contributed by atoms with van der Waals surface area (Å²) in [5, 5.41) is 1.91. The van der Waals surface area contributed by atoms with Crippen LogP contribution < -0.4 is 14.8 Å². The molecule has 1 radical (unpaired) electrons. The van der Waals surface area contributed by atoms with E-state index in [2.05, 4.69) is 126 Å². The minimum atomic E-state index is -0.212. The van der Waals surface area contributed by atoms with E-state index in [4.69, 9.17) is 0 Å². The molecule has 0 saturated carbocycles. The van der Waals surface area contributed by atoms with Crippen LogP contribution in [-0.4, -0.2) is 0 Å². The summed E-state index contributed by atoms with van der Waals surface area (Å²) in [6.07, 6.45) is 4.43. The molecule has 0 amide bonds. The standard InChI is InChI=1S/C27H37N2.C12H7FN.Au/c1-18(2)22-11-9-12-23(19(3)4)26(22)28-15-16-29(17-28)27-24(20(5)6)13-10-14-25(27)21(7)8;13-8-5-6-12-10(7-8)9-3-1-2-4-11(9)14-12;/h9-21H,1-8H3;1-7H;/q2*-1;. The summed E-state index contributed by atoms with van der Waals surface area (Å²) in [5.41, 5.74) is 10.1. The molecular weight excluding hydrogens is 726 g/mol. The maximum absolute atomic E-state index is 13.0. The predicted molar refractivity (Wildman–Crippen MR) is 182 cm³/mol. The van der Waals surface area contributed by atoms with Crippen molar-refractivity contribution < 1.29 is 26.8 Å². The Hall–Kier alpha value is -3.31. The molecular formula is C39H44AuFN3-2. The van der Waals surface area contributed by atoms with Gasteiger partial charge in [0.05, 0.1) is 0 Å². The molecule has 0 spiro atoms. The molecule has 0 saturated heterocycles. The minimum absolute atomic E-state index is 0. The molecule has 44 heavy (non-hydrogen) atoms. The van der Waals surface area contributed by atoms with Crippen molar-refractivity contribution in [3.8, 4) is 0 Å². The molecule has 0 bridgehead atoms. The topological polar surface area (TPSA) is 20.6 Å². The van der Waals surface area contributed by atoms with Crippen molar-refractivity contribution in [2.75, 3.05) is 9.80 Å².